The second-order valence-corrected chi connectivity index (χ2v) is 6.56. The molecule has 0 spiro atoms. The molecule has 0 bridgehead atoms. The van der Waals surface area contributed by atoms with Crippen LogP contribution in [0.4, 0.5) is 17.5 Å². The summed E-state index contributed by atoms with van der Waals surface area (Å²) < 4.78 is 0. The summed E-state index contributed by atoms with van der Waals surface area (Å²) in [7, 11) is 2.00. The van der Waals surface area contributed by atoms with Crippen molar-refractivity contribution < 1.29 is 0 Å². The number of aromatic nitrogens is 2. The highest BCUT2D eigenvalue weighted by atomic mass is 35.5. The first-order valence-corrected chi connectivity index (χ1v) is 8.53. The minimum absolute atomic E-state index is 0.693. The fraction of sp³-hybridized carbons (Fsp3) is 0.200. The molecular formula is C20H21ClN4. The van der Waals surface area contributed by atoms with Gasteiger partial charge in [-0.05, 0) is 43.2 Å². The van der Waals surface area contributed by atoms with Gasteiger partial charge in [0.15, 0.2) is 0 Å². The van der Waals surface area contributed by atoms with Gasteiger partial charge < -0.3 is 10.2 Å². The highest BCUT2D eigenvalue weighted by Gasteiger charge is 2.09. The zero-order valence-corrected chi connectivity index (χ0v) is 15.4. The summed E-state index contributed by atoms with van der Waals surface area (Å²) in [6, 6.07) is 18.0. The molecule has 0 aliphatic carbocycles. The minimum Gasteiger partial charge on any atom is -0.340 e. The Labute approximate surface area is 153 Å². The van der Waals surface area contributed by atoms with E-state index in [0.29, 0.717) is 5.95 Å². The molecule has 0 aliphatic rings. The first-order valence-electron chi connectivity index (χ1n) is 8.15. The summed E-state index contributed by atoms with van der Waals surface area (Å²) in [4.78, 5) is 11.3. The average Bonchev–Trinajstić information content (AvgIpc) is 2.58. The quantitative estimate of drug-likeness (QED) is 0.691. The molecule has 2 aromatic carbocycles. The van der Waals surface area contributed by atoms with Gasteiger partial charge in [0, 0.05) is 36.1 Å². The van der Waals surface area contributed by atoms with Crippen LogP contribution in [0.3, 0.4) is 0 Å². The summed E-state index contributed by atoms with van der Waals surface area (Å²) in [5.74, 6) is 1.46. The summed E-state index contributed by atoms with van der Waals surface area (Å²) >= 11 is 6.03. The average molecular weight is 353 g/mol. The van der Waals surface area contributed by atoms with Gasteiger partial charge in [0.1, 0.15) is 5.82 Å². The van der Waals surface area contributed by atoms with Crippen molar-refractivity contribution >= 4 is 29.1 Å². The molecule has 25 heavy (non-hydrogen) atoms. The molecule has 0 radical (unpaired) electrons. The van der Waals surface area contributed by atoms with Crippen LogP contribution in [0.15, 0.2) is 54.6 Å². The van der Waals surface area contributed by atoms with E-state index in [1.54, 1.807) is 0 Å². The van der Waals surface area contributed by atoms with Crippen LogP contribution in [0, 0.1) is 13.8 Å². The summed E-state index contributed by atoms with van der Waals surface area (Å²) in [5, 5.41) is 4.09. The van der Waals surface area contributed by atoms with Gasteiger partial charge in [-0.25, -0.2) is 4.98 Å². The highest BCUT2D eigenvalue weighted by Crippen LogP contribution is 2.24. The largest absolute Gasteiger partial charge is 0.340 e. The van der Waals surface area contributed by atoms with Crippen molar-refractivity contribution in [2.24, 2.45) is 0 Å². The topological polar surface area (TPSA) is 41.1 Å². The molecule has 0 atom stereocenters. The Morgan fingerprint density at radius 1 is 1.00 bits per heavy atom. The number of benzene rings is 2. The molecule has 5 heteroatoms. The molecule has 128 valence electrons. The molecule has 3 aromatic rings. The normalized spacial score (nSPS) is 10.6. The van der Waals surface area contributed by atoms with Gasteiger partial charge in [0.2, 0.25) is 5.95 Å². The van der Waals surface area contributed by atoms with E-state index in [0.717, 1.165) is 34.3 Å². The van der Waals surface area contributed by atoms with Crippen LogP contribution < -0.4 is 10.2 Å². The fourth-order valence-corrected chi connectivity index (χ4v) is 2.85. The lowest BCUT2D eigenvalue weighted by molar-refractivity contribution is 0.861. The zero-order valence-electron chi connectivity index (χ0n) is 14.6. The fourth-order valence-electron chi connectivity index (χ4n) is 2.62. The van der Waals surface area contributed by atoms with Crippen LogP contribution in [0.2, 0.25) is 5.02 Å². The third kappa shape index (κ3) is 4.48. The predicted octanol–water partition coefficient (Wildman–Crippen LogP) is 5.13. The van der Waals surface area contributed by atoms with E-state index in [-0.39, 0.29) is 0 Å². The van der Waals surface area contributed by atoms with Gasteiger partial charge in [-0.1, -0.05) is 41.9 Å². The van der Waals surface area contributed by atoms with Gasteiger partial charge in [-0.15, -0.1) is 0 Å². The number of nitrogens with zero attached hydrogens (tertiary/aromatic N) is 3. The van der Waals surface area contributed by atoms with Crippen LogP contribution >= 0.6 is 11.6 Å². The molecule has 0 saturated heterocycles. The van der Waals surface area contributed by atoms with Crippen molar-refractivity contribution in [3.63, 3.8) is 0 Å². The first-order chi connectivity index (χ1) is 12.0. The molecular weight excluding hydrogens is 332 g/mol. The van der Waals surface area contributed by atoms with Crippen molar-refractivity contribution in [3.8, 4) is 0 Å². The monoisotopic (exact) mass is 352 g/mol. The number of aryl methyl sites for hydroxylation is 2. The lowest BCUT2D eigenvalue weighted by Crippen LogP contribution is -2.19. The second-order valence-electron chi connectivity index (χ2n) is 6.12. The van der Waals surface area contributed by atoms with E-state index in [9.17, 15) is 0 Å². The van der Waals surface area contributed by atoms with Crippen molar-refractivity contribution in [3.05, 3.63) is 76.4 Å². The maximum atomic E-state index is 6.03. The third-order valence-corrected chi connectivity index (χ3v) is 4.13. The van der Waals surface area contributed by atoms with Gasteiger partial charge in [0.05, 0.1) is 0 Å². The molecule has 4 nitrogen and oxygen atoms in total. The Morgan fingerprint density at radius 3 is 2.48 bits per heavy atom. The number of halogens is 1. The maximum absolute atomic E-state index is 6.03. The van der Waals surface area contributed by atoms with Gasteiger partial charge in [-0.2, -0.15) is 4.98 Å². The van der Waals surface area contributed by atoms with E-state index in [2.05, 4.69) is 27.4 Å². The van der Waals surface area contributed by atoms with Gasteiger partial charge in [0.25, 0.3) is 0 Å². The van der Waals surface area contributed by atoms with Gasteiger partial charge >= 0.3 is 0 Å². The van der Waals surface area contributed by atoms with Crippen molar-refractivity contribution in [1.82, 2.24) is 9.97 Å². The minimum atomic E-state index is 0.693. The zero-order chi connectivity index (χ0) is 17.8. The molecule has 1 heterocycles. The van der Waals surface area contributed by atoms with Gasteiger partial charge in [-0.3, -0.25) is 0 Å². The van der Waals surface area contributed by atoms with Crippen LogP contribution in [0.1, 0.15) is 16.8 Å². The number of rotatable bonds is 5. The maximum Gasteiger partial charge on any atom is 0.227 e. The summed E-state index contributed by atoms with van der Waals surface area (Å²) in [6.07, 6.45) is 0. The smallest absolute Gasteiger partial charge is 0.227 e. The SMILES string of the molecule is Cc1cc(Nc2ccc(Cl)cc2C)nc(N(C)Cc2ccccc2)n1. The lowest BCUT2D eigenvalue weighted by atomic mass is 10.2. The number of hydrogen-bond acceptors (Lipinski definition) is 4. The van der Waals surface area contributed by atoms with E-state index in [4.69, 9.17) is 11.6 Å². The van der Waals surface area contributed by atoms with Crippen molar-refractivity contribution in [1.29, 1.82) is 0 Å². The Bertz CT molecular complexity index is 865. The lowest BCUT2D eigenvalue weighted by Gasteiger charge is -2.19. The first kappa shape index (κ1) is 17.2. The summed E-state index contributed by atoms with van der Waals surface area (Å²) in [6.45, 7) is 4.75. The molecule has 1 N–H and O–H groups in total. The van der Waals surface area contributed by atoms with Crippen LogP contribution in [0.25, 0.3) is 0 Å². The summed E-state index contributed by atoms with van der Waals surface area (Å²) in [5.41, 5.74) is 4.19. The Balaban J connectivity index is 1.82. The molecule has 1 aromatic heterocycles. The molecule has 0 amide bonds. The molecule has 0 fully saturated rings. The Hall–Kier alpha value is -2.59. The third-order valence-electron chi connectivity index (χ3n) is 3.90. The van der Waals surface area contributed by atoms with E-state index < -0.39 is 0 Å². The number of nitrogens with one attached hydrogen (secondary N) is 1. The van der Waals surface area contributed by atoms with Crippen molar-refractivity contribution in [2.75, 3.05) is 17.3 Å². The highest BCUT2D eigenvalue weighted by molar-refractivity contribution is 6.30. The van der Waals surface area contributed by atoms with E-state index in [1.165, 1.54) is 5.56 Å². The van der Waals surface area contributed by atoms with Crippen molar-refractivity contribution in [2.45, 2.75) is 20.4 Å². The predicted molar refractivity (Wildman–Crippen MR) is 105 cm³/mol. The Kier molecular flexibility index (Phi) is 5.19. The molecule has 0 unspecified atom stereocenters. The second kappa shape index (κ2) is 7.53. The van der Waals surface area contributed by atoms with Crippen LogP contribution in [0.5, 0.6) is 0 Å². The molecule has 0 aliphatic heterocycles. The number of hydrogen-bond donors (Lipinski definition) is 1. The van der Waals surface area contributed by atoms with E-state index >= 15 is 0 Å². The Morgan fingerprint density at radius 2 is 1.76 bits per heavy atom. The standard InChI is InChI=1S/C20H21ClN4/c1-14-11-17(21)9-10-18(14)23-19-12-15(2)22-20(24-19)25(3)13-16-7-5-4-6-8-16/h4-12H,13H2,1-3H3,(H,22,23,24). The van der Waals surface area contributed by atoms with Crippen LogP contribution in [-0.4, -0.2) is 17.0 Å². The molecule has 0 saturated carbocycles. The number of anilines is 3. The molecule has 3 rings (SSSR count). The van der Waals surface area contributed by atoms with Crippen LogP contribution in [-0.2, 0) is 6.54 Å². The van der Waals surface area contributed by atoms with E-state index in [1.807, 2.05) is 68.3 Å².